The van der Waals surface area contributed by atoms with Crippen molar-refractivity contribution in [1.29, 1.82) is 0 Å². The molecular formula is C12H18N2O2. The standard InChI is InChI=1S/C12H18N2O2/c1-6-10-13-8(4)11(14-10)9(5)16-12(15)7(2)3/h9H,2,6H2,1,3-5H3,(H,13,14). The third-order valence-electron chi connectivity index (χ3n) is 2.32. The predicted octanol–water partition coefficient (Wildman–Crippen LogP) is 2.46. The van der Waals surface area contributed by atoms with Crippen LogP contribution in [0.2, 0.25) is 0 Å². The molecule has 1 aromatic rings. The maximum Gasteiger partial charge on any atom is 0.333 e. The van der Waals surface area contributed by atoms with E-state index in [1.807, 2.05) is 20.8 Å². The van der Waals surface area contributed by atoms with Gasteiger partial charge in [0.1, 0.15) is 17.6 Å². The van der Waals surface area contributed by atoms with Gasteiger partial charge in [-0.1, -0.05) is 13.5 Å². The molecule has 0 aromatic carbocycles. The van der Waals surface area contributed by atoms with Crippen LogP contribution in [-0.2, 0) is 16.0 Å². The van der Waals surface area contributed by atoms with Crippen LogP contribution in [0.15, 0.2) is 12.2 Å². The van der Waals surface area contributed by atoms with E-state index in [2.05, 4.69) is 16.5 Å². The minimum Gasteiger partial charge on any atom is -0.453 e. The zero-order valence-electron chi connectivity index (χ0n) is 10.3. The van der Waals surface area contributed by atoms with E-state index in [0.717, 1.165) is 23.6 Å². The number of ether oxygens (including phenoxy) is 1. The third-order valence-corrected chi connectivity index (χ3v) is 2.32. The van der Waals surface area contributed by atoms with Crippen LogP contribution in [0.4, 0.5) is 0 Å². The number of aromatic nitrogens is 2. The maximum absolute atomic E-state index is 11.4. The smallest absolute Gasteiger partial charge is 0.333 e. The average molecular weight is 222 g/mol. The minimum atomic E-state index is -0.382. The van der Waals surface area contributed by atoms with Gasteiger partial charge in [-0.15, -0.1) is 0 Å². The van der Waals surface area contributed by atoms with E-state index < -0.39 is 0 Å². The largest absolute Gasteiger partial charge is 0.453 e. The Bertz CT molecular complexity index is 407. The minimum absolute atomic E-state index is 0.347. The molecule has 16 heavy (non-hydrogen) atoms. The van der Waals surface area contributed by atoms with Crippen LogP contribution < -0.4 is 0 Å². The molecule has 1 atom stereocenters. The Balaban J connectivity index is 2.79. The van der Waals surface area contributed by atoms with Crippen LogP contribution in [0.3, 0.4) is 0 Å². The first-order chi connectivity index (χ1) is 7.45. The van der Waals surface area contributed by atoms with E-state index in [1.54, 1.807) is 6.92 Å². The first-order valence-corrected chi connectivity index (χ1v) is 5.37. The fourth-order valence-corrected chi connectivity index (χ4v) is 1.42. The van der Waals surface area contributed by atoms with Gasteiger partial charge < -0.3 is 9.72 Å². The van der Waals surface area contributed by atoms with E-state index in [-0.39, 0.29) is 12.1 Å². The van der Waals surface area contributed by atoms with Gasteiger partial charge in [0.25, 0.3) is 0 Å². The predicted molar refractivity (Wildman–Crippen MR) is 62.0 cm³/mol. The Morgan fingerprint density at radius 1 is 1.62 bits per heavy atom. The average Bonchev–Trinajstić information content (AvgIpc) is 2.59. The van der Waals surface area contributed by atoms with Gasteiger partial charge in [0, 0.05) is 17.7 Å². The van der Waals surface area contributed by atoms with Gasteiger partial charge in [-0.25, -0.2) is 9.78 Å². The number of hydrogen-bond acceptors (Lipinski definition) is 3. The number of nitrogens with one attached hydrogen (secondary N) is 1. The highest BCUT2D eigenvalue weighted by atomic mass is 16.5. The molecule has 0 aliphatic rings. The normalized spacial score (nSPS) is 12.2. The first kappa shape index (κ1) is 12.5. The summed E-state index contributed by atoms with van der Waals surface area (Å²) in [5, 5.41) is 0. The van der Waals surface area contributed by atoms with Gasteiger partial charge in [-0.2, -0.15) is 0 Å². The number of imidazole rings is 1. The first-order valence-electron chi connectivity index (χ1n) is 5.37. The SMILES string of the molecule is C=C(C)C(=O)OC(C)c1nc(CC)[nH]c1C. The Labute approximate surface area is 95.7 Å². The second-order valence-corrected chi connectivity index (χ2v) is 3.88. The quantitative estimate of drug-likeness (QED) is 0.629. The van der Waals surface area contributed by atoms with E-state index in [0.29, 0.717) is 5.57 Å². The summed E-state index contributed by atoms with van der Waals surface area (Å²) in [6.07, 6.45) is 0.489. The molecule has 4 heteroatoms. The molecule has 0 fully saturated rings. The number of esters is 1. The third kappa shape index (κ3) is 2.72. The molecule has 0 aliphatic heterocycles. The van der Waals surface area contributed by atoms with Crippen molar-refractivity contribution in [3.63, 3.8) is 0 Å². The number of rotatable bonds is 4. The van der Waals surface area contributed by atoms with Crippen molar-refractivity contribution in [1.82, 2.24) is 9.97 Å². The van der Waals surface area contributed by atoms with Gasteiger partial charge in [0.2, 0.25) is 0 Å². The second kappa shape index (κ2) is 4.96. The van der Waals surface area contributed by atoms with Crippen LogP contribution in [0, 0.1) is 6.92 Å². The molecule has 1 unspecified atom stereocenters. The molecular weight excluding hydrogens is 204 g/mol. The van der Waals surface area contributed by atoms with Crippen molar-refractivity contribution in [2.75, 3.05) is 0 Å². The van der Waals surface area contributed by atoms with Crippen LogP contribution in [0.5, 0.6) is 0 Å². The molecule has 1 N–H and O–H groups in total. The molecule has 0 aliphatic carbocycles. The molecule has 0 bridgehead atoms. The van der Waals surface area contributed by atoms with Crippen molar-refractivity contribution in [2.45, 2.75) is 40.2 Å². The number of nitrogens with zero attached hydrogens (tertiary/aromatic N) is 1. The summed E-state index contributed by atoms with van der Waals surface area (Å²) in [5.41, 5.74) is 2.13. The number of aryl methyl sites for hydroxylation is 2. The van der Waals surface area contributed by atoms with E-state index in [9.17, 15) is 4.79 Å². The van der Waals surface area contributed by atoms with Crippen LogP contribution in [0.1, 0.15) is 44.1 Å². The molecule has 0 saturated carbocycles. The molecule has 1 rings (SSSR count). The number of carbonyl (C=O) groups excluding carboxylic acids is 1. The number of aromatic amines is 1. The summed E-state index contributed by atoms with van der Waals surface area (Å²) in [5.74, 6) is 0.527. The topological polar surface area (TPSA) is 55.0 Å². The van der Waals surface area contributed by atoms with E-state index in [4.69, 9.17) is 4.74 Å². The number of H-pyrrole nitrogens is 1. The molecule has 88 valence electrons. The van der Waals surface area contributed by atoms with Crippen molar-refractivity contribution >= 4 is 5.97 Å². The molecule has 0 saturated heterocycles. The monoisotopic (exact) mass is 222 g/mol. The molecule has 1 heterocycles. The van der Waals surface area contributed by atoms with Crippen molar-refractivity contribution < 1.29 is 9.53 Å². The highest BCUT2D eigenvalue weighted by molar-refractivity contribution is 5.87. The van der Waals surface area contributed by atoms with Crippen LogP contribution in [0.25, 0.3) is 0 Å². The Morgan fingerprint density at radius 3 is 2.69 bits per heavy atom. The van der Waals surface area contributed by atoms with Crippen molar-refractivity contribution in [2.24, 2.45) is 0 Å². The lowest BCUT2D eigenvalue weighted by Crippen LogP contribution is -2.10. The van der Waals surface area contributed by atoms with Gasteiger partial charge in [0.05, 0.1) is 0 Å². The summed E-state index contributed by atoms with van der Waals surface area (Å²) in [4.78, 5) is 18.9. The highest BCUT2D eigenvalue weighted by Gasteiger charge is 2.17. The van der Waals surface area contributed by atoms with E-state index >= 15 is 0 Å². The lowest BCUT2D eigenvalue weighted by molar-refractivity contribution is -0.143. The highest BCUT2D eigenvalue weighted by Crippen LogP contribution is 2.19. The molecule has 0 radical (unpaired) electrons. The molecule has 4 nitrogen and oxygen atoms in total. The van der Waals surface area contributed by atoms with Crippen LogP contribution in [-0.4, -0.2) is 15.9 Å². The fraction of sp³-hybridized carbons (Fsp3) is 0.500. The van der Waals surface area contributed by atoms with Crippen molar-refractivity contribution in [3.8, 4) is 0 Å². The summed E-state index contributed by atoms with van der Waals surface area (Å²) < 4.78 is 5.22. The number of hydrogen-bond donors (Lipinski definition) is 1. The summed E-state index contributed by atoms with van der Waals surface area (Å²) in [6, 6.07) is 0. The maximum atomic E-state index is 11.4. The summed E-state index contributed by atoms with van der Waals surface area (Å²) in [6.45, 7) is 10.9. The second-order valence-electron chi connectivity index (χ2n) is 3.88. The summed E-state index contributed by atoms with van der Waals surface area (Å²) >= 11 is 0. The zero-order valence-corrected chi connectivity index (χ0v) is 10.3. The van der Waals surface area contributed by atoms with Gasteiger partial charge >= 0.3 is 5.97 Å². The Morgan fingerprint density at radius 2 is 2.25 bits per heavy atom. The zero-order chi connectivity index (χ0) is 12.3. The Kier molecular flexibility index (Phi) is 3.88. The number of carbonyl (C=O) groups is 1. The van der Waals surface area contributed by atoms with Crippen LogP contribution >= 0.6 is 0 Å². The summed E-state index contributed by atoms with van der Waals surface area (Å²) in [7, 11) is 0. The molecule has 0 amide bonds. The molecule has 1 aromatic heterocycles. The van der Waals surface area contributed by atoms with Crippen molar-refractivity contribution in [3.05, 3.63) is 29.4 Å². The van der Waals surface area contributed by atoms with E-state index in [1.165, 1.54) is 0 Å². The van der Waals surface area contributed by atoms with Gasteiger partial charge in [-0.05, 0) is 20.8 Å². The molecule has 0 spiro atoms. The van der Waals surface area contributed by atoms with Gasteiger partial charge in [-0.3, -0.25) is 0 Å². The van der Waals surface area contributed by atoms with Gasteiger partial charge in [0.15, 0.2) is 0 Å². The lowest BCUT2D eigenvalue weighted by atomic mass is 10.2. The lowest BCUT2D eigenvalue weighted by Gasteiger charge is -2.11. The Hall–Kier alpha value is -1.58. The fourth-order valence-electron chi connectivity index (χ4n) is 1.42.